The van der Waals surface area contributed by atoms with E-state index in [9.17, 15) is 0 Å². The van der Waals surface area contributed by atoms with Gasteiger partial charge in [0.1, 0.15) is 0 Å². The van der Waals surface area contributed by atoms with Crippen LogP contribution in [0.3, 0.4) is 0 Å². The smallest absolute Gasteiger partial charge is 0.233 e. The molecular weight excluding hydrogens is 196 g/mol. The summed E-state index contributed by atoms with van der Waals surface area (Å²) in [5.74, 6) is 0. The van der Waals surface area contributed by atoms with Crippen molar-refractivity contribution in [3.63, 3.8) is 0 Å². The van der Waals surface area contributed by atoms with Gasteiger partial charge in [-0.05, 0) is 23.5 Å². The molecule has 1 aliphatic rings. The Labute approximate surface area is 84.9 Å². The van der Waals surface area contributed by atoms with Gasteiger partial charge in [-0.3, -0.25) is 0 Å². The van der Waals surface area contributed by atoms with Gasteiger partial charge in [0.05, 0.1) is 0 Å². The standard InChI is InChI=1S/C10H16OSSi/c1-11-13(8-3-2-4-9-13)10-6-5-7-12-10/h5-7H,2-4,8-9H2,1H3. The van der Waals surface area contributed by atoms with Gasteiger partial charge in [0, 0.05) is 11.6 Å². The fraction of sp³-hybridized carbons (Fsp3) is 0.600. The third-order valence-electron chi connectivity index (χ3n) is 3.02. The Morgan fingerprint density at radius 1 is 1.31 bits per heavy atom. The van der Waals surface area contributed by atoms with Crippen LogP contribution in [0.4, 0.5) is 0 Å². The van der Waals surface area contributed by atoms with E-state index in [1.54, 1.807) is 4.50 Å². The molecule has 72 valence electrons. The van der Waals surface area contributed by atoms with Gasteiger partial charge < -0.3 is 4.43 Å². The van der Waals surface area contributed by atoms with E-state index in [1.807, 2.05) is 18.4 Å². The maximum atomic E-state index is 5.87. The molecule has 13 heavy (non-hydrogen) atoms. The van der Waals surface area contributed by atoms with Gasteiger partial charge in [-0.15, -0.1) is 0 Å². The van der Waals surface area contributed by atoms with Crippen LogP contribution in [-0.2, 0) is 4.43 Å². The highest BCUT2D eigenvalue weighted by Gasteiger charge is 2.38. The molecule has 0 atom stereocenters. The van der Waals surface area contributed by atoms with Gasteiger partial charge in [-0.25, -0.2) is 0 Å². The third kappa shape index (κ3) is 1.73. The lowest BCUT2D eigenvalue weighted by Crippen LogP contribution is -2.49. The first-order chi connectivity index (χ1) is 6.37. The molecule has 0 saturated carbocycles. The second-order valence-electron chi connectivity index (χ2n) is 3.74. The number of hydrogen-bond acceptors (Lipinski definition) is 2. The van der Waals surface area contributed by atoms with E-state index >= 15 is 0 Å². The topological polar surface area (TPSA) is 9.23 Å². The largest absolute Gasteiger partial charge is 0.415 e. The van der Waals surface area contributed by atoms with Crippen LogP contribution in [0.5, 0.6) is 0 Å². The van der Waals surface area contributed by atoms with E-state index in [0.717, 1.165) is 0 Å². The zero-order valence-electron chi connectivity index (χ0n) is 8.08. The summed E-state index contributed by atoms with van der Waals surface area (Å²) in [7, 11) is 0.452. The number of hydrogen-bond donors (Lipinski definition) is 0. The Morgan fingerprint density at radius 3 is 2.62 bits per heavy atom. The van der Waals surface area contributed by atoms with Gasteiger partial charge in [-0.1, -0.05) is 25.3 Å². The van der Waals surface area contributed by atoms with Crippen LogP contribution in [0.1, 0.15) is 19.3 Å². The molecule has 2 heterocycles. The summed E-state index contributed by atoms with van der Waals surface area (Å²) in [6, 6.07) is 7.10. The first-order valence-electron chi connectivity index (χ1n) is 4.96. The van der Waals surface area contributed by atoms with E-state index < -0.39 is 8.32 Å². The van der Waals surface area contributed by atoms with Crippen molar-refractivity contribution in [2.75, 3.05) is 7.11 Å². The molecule has 1 aromatic heterocycles. The normalized spacial score (nSPS) is 21.6. The Kier molecular flexibility index (Phi) is 2.86. The predicted molar refractivity (Wildman–Crippen MR) is 60.2 cm³/mol. The summed E-state index contributed by atoms with van der Waals surface area (Å²) in [6.45, 7) is 0. The highest BCUT2D eigenvalue weighted by molar-refractivity contribution is 7.24. The van der Waals surface area contributed by atoms with Gasteiger partial charge in [0.2, 0.25) is 8.32 Å². The minimum Gasteiger partial charge on any atom is -0.415 e. The summed E-state index contributed by atoms with van der Waals surface area (Å²) in [4.78, 5) is 0. The molecule has 0 radical (unpaired) electrons. The summed E-state index contributed by atoms with van der Waals surface area (Å²) >= 11 is 1.89. The summed E-state index contributed by atoms with van der Waals surface area (Å²) in [6.07, 6.45) is 4.15. The lowest BCUT2D eigenvalue weighted by molar-refractivity contribution is 0.390. The first kappa shape index (κ1) is 9.43. The van der Waals surface area contributed by atoms with Gasteiger partial charge in [0.15, 0.2) is 0 Å². The van der Waals surface area contributed by atoms with Crippen LogP contribution >= 0.6 is 11.3 Å². The summed E-state index contributed by atoms with van der Waals surface area (Å²) in [5.41, 5.74) is 0. The average molecular weight is 212 g/mol. The van der Waals surface area contributed by atoms with Crippen LogP contribution < -0.4 is 4.50 Å². The molecule has 2 rings (SSSR count). The van der Waals surface area contributed by atoms with Crippen molar-refractivity contribution in [1.29, 1.82) is 0 Å². The monoisotopic (exact) mass is 212 g/mol. The fourth-order valence-electron chi connectivity index (χ4n) is 2.21. The van der Waals surface area contributed by atoms with Crippen LogP contribution in [-0.4, -0.2) is 15.4 Å². The minimum atomic E-state index is -1.46. The van der Waals surface area contributed by atoms with Crippen LogP contribution in [0.15, 0.2) is 17.5 Å². The summed E-state index contributed by atoms with van der Waals surface area (Å²) < 4.78 is 7.42. The Bertz CT molecular complexity index is 252. The van der Waals surface area contributed by atoms with Gasteiger partial charge >= 0.3 is 0 Å². The maximum Gasteiger partial charge on any atom is 0.233 e. The molecule has 1 fully saturated rings. The van der Waals surface area contributed by atoms with E-state index in [2.05, 4.69) is 17.5 Å². The summed E-state index contributed by atoms with van der Waals surface area (Å²) in [5, 5.41) is 2.18. The molecule has 0 N–H and O–H groups in total. The van der Waals surface area contributed by atoms with Crippen molar-refractivity contribution in [1.82, 2.24) is 0 Å². The lowest BCUT2D eigenvalue weighted by Gasteiger charge is -2.32. The number of rotatable bonds is 2. The minimum absolute atomic E-state index is 1.34. The molecule has 0 aliphatic carbocycles. The van der Waals surface area contributed by atoms with Crippen molar-refractivity contribution < 1.29 is 4.43 Å². The molecule has 1 saturated heterocycles. The molecule has 3 heteroatoms. The zero-order chi connectivity index (χ0) is 9.15. The Hall–Kier alpha value is -0.123. The zero-order valence-corrected chi connectivity index (χ0v) is 9.90. The molecule has 1 aliphatic heterocycles. The molecule has 1 aromatic rings. The van der Waals surface area contributed by atoms with Crippen LogP contribution in [0.2, 0.25) is 12.1 Å². The molecule has 0 spiro atoms. The van der Waals surface area contributed by atoms with Crippen molar-refractivity contribution in [3.8, 4) is 0 Å². The number of thiophene rings is 1. The van der Waals surface area contributed by atoms with E-state index in [4.69, 9.17) is 4.43 Å². The highest BCUT2D eigenvalue weighted by atomic mass is 32.1. The average Bonchev–Trinajstić information content (AvgIpc) is 2.72. The molecule has 0 bridgehead atoms. The highest BCUT2D eigenvalue weighted by Crippen LogP contribution is 2.29. The lowest BCUT2D eigenvalue weighted by atomic mass is 10.3. The van der Waals surface area contributed by atoms with Gasteiger partial charge in [-0.2, -0.15) is 11.3 Å². The van der Waals surface area contributed by atoms with Crippen molar-refractivity contribution in [2.45, 2.75) is 31.4 Å². The third-order valence-corrected chi connectivity index (χ3v) is 9.34. The molecule has 0 aromatic carbocycles. The Balaban J connectivity index is 2.23. The quantitative estimate of drug-likeness (QED) is 0.685. The van der Waals surface area contributed by atoms with Crippen LogP contribution in [0.25, 0.3) is 0 Å². The second kappa shape index (κ2) is 3.94. The maximum absolute atomic E-state index is 5.87. The fourth-order valence-corrected chi connectivity index (χ4v) is 7.99. The van der Waals surface area contributed by atoms with E-state index in [1.165, 1.54) is 31.4 Å². The predicted octanol–water partition coefficient (Wildman–Crippen LogP) is 2.73. The van der Waals surface area contributed by atoms with Crippen molar-refractivity contribution >= 4 is 24.2 Å². The van der Waals surface area contributed by atoms with E-state index in [0.29, 0.717) is 0 Å². The van der Waals surface area contributed by atoms with Crippen LogP contribution in [0, 0.1) is 0 Å². The Morgan fingerprint density at radius 2 is 2.08 bits per heavy atom. The first-order valence-corrected chi connectivity index (χ1v) is 8.17. The molecular formula is C10H16OSSi. The SMILES string of the molecule is CO[Si]1(c2cccs2)CCCCC1. The molecule has 0 unspecified atom stereocenters. The van der Waals surface area contributed by atoms with Gasteiger partial charge in [0.25, 0.3) is 0 Å². The second-order valence-corrected chi connectivity index (χ2v) is 8.98. The molecule has 0 amide bonds. The van der Waals surface area contributed by atoms with Crippen molar-refractivity contribution in [2.24, 2.45) is 0 Å². The van der Waals surface area contributed by atoms with E-state index in [-0.39, 0.29) is 0 Å². The van der Waals surface area contributed by atoms with Crippen molar-refractivity contribution in [3.05, 3.63) is 17.5 Å². The molecule has 1 nitrogen and oxygen atoms in total.